The van der Waals surface area contributed by atoms with E-state index >= 15 is 0 Å². The van der Waals surface area contributed by atoms with E-state index in [-0.39, 0.29) is 16.8 Å². The highest BCUT2D eigenvalue weighted by Gasteiger charge is 2.23. The fourth-order valence-electron chi connectivity index (χ4n) is 2.01. The molecule has 1 fully saturated rings. The molecule has 2 rings (SSSR count). The summed E-state index contributed by atoms with van der Waals surface area (Å²) in [4.78, 5) is 11.8. The highest BCUT2D eigenvalue weighted by molar-refractivity contribution is 6.33. The molecule has 0 aromatic heterocycles. The molecule has 1 saturated carbocycles. The molecular weight excluding hydrogens is 229 g/mol. The third-order valence-corrected chi connectivity index (χ3v) is 3.23. The van der Waals surface area contributed by atoms with Gasteiger partial charge in [-0.25, -0.2) is 4.39 Å². The second kappa shape index (κ2) is 4.83. The van der Waals surface area contributed by atoms with E-state index in [9.17, 15) is 9.18 Å². The number of benzene rings is 1. The number of hydrogen-bond donors (Lipinski definition) is 1. The molecule has 1 aliphatic rings. The first-order chi connectivity index (χ1) is 7.66. The predicted molar refractivity (Wildman–Crippen MR) is 62.0 cm³/mol. The summed E-state index contributed by atoms with van der Waals surface area (Å²) in [6, 6.07) is 3.98. The summed E-state index contributed by atoms with van der Waals surface area (Å²) in [6.45, 7) is 0. The molecule has 2 nitrogen and oxygen atoms in total. The van der Waals surface area contributed by atoms with Crippen LogP contribution < -0.4 is 5.32 Å². The quantitative estimate of drug-likeness (QED) is 0.842. The van der Waals surface area contributed by atoms with Crippen molar-refractivity contribution >= 4 is 23.2 Å². The third-order valence-electron chi connectivity index (χ3n) is 2.91. The molecule has 0 radical (unpaired) electrons. The lowest BCUT2D eigenvalue weighted by molar-refractivity contribution is -0.119. The van der Waals surface area contributed by atoms with Crippen LogP contribution in [0.5, 0.6) is 0 Å². The minimum atomic E-state index is -0.399. The van der Waals surface area contributed by atoms with Crippen LogP contribution in [-0.4, -0.2) is 5.91 Å². The molecule has 1 aliphatic carbocycles. The Labute approximate surface area is 98.8 Å². The van der Waals surface area contributed by atoms with Gasteiger partial charge in [0.1, 0.15) is 5.82 Å². The zero-order valence-electron chi connectivity index (χ0n) is 8.80. The van der Waals surface area contributed by atoms with E-state index in [1.165, 1.54) is 18.2 Å². The Morgan fingerprint density at radius 2 is 2.06 bits per heavy atom. The molecule has 86 valence electrons. The monoisotopic (exact) mass is 241 g/mol. The van der Waals surface area contributed by atoms with Gasteiger partial charge in [-0.3, -0.25) is 4.79 Å². The molecule has 0 heterocycles. The van der Waals surface area contributed by atoms with Gasteiger partial charge >= 0.3 is 0 Å². The van der Waals surface area contributed by atoms with Crippen molar-refractivity contribution in [1.29, 1.82) is 0 Å². The first-order valence-corrected chi connectivity index (χ1v) is 5.80. The van der Waals surface area contributed by atoms with Crippen molar-refractivity contribution in [3.05, 3.63) is 29.0 Å². The van der Waals surface area contributed by atoms with E-state index in [0.717, 1.165) is 25.7 Å². The van der Waals surface area contributed by atoms with Crippen LogP contribution in [0.15, 0.2) is 18.2 Å². The summed E-state index contributed by atoms with van der Waals surface area (Å²) in [5, 5.41) is 2.98. The Bertz CT molecular complexity index is 402. The van der Waals surface area contributed by atoms with Gasteiger partial charge in [-0.2, -0.15) is 0 Å². The SMILES string of the molecule is O=C(Nc1ccc(F)cc1Cl)C1CCCC1. The molecule has 0 spiro atoms. The first kappa shape index (κ1) is 11.4. The maximum absolute atomic E-state index is 12.8. The molecule has 1 amide bonds. The maximum atomic E-state index is 12.8. The van der Waals surface area contributed by atoms with Crippen molar-refractivity contribution < 1.29 is 9.18 Å². The number of nitrogens with one attached hydrogen (secondary N) is 1. The zero-order valence-corrected chi connectivity index (χ0v) is 9.56. The standard InChI is InChI=1S/C12H13ClFNO/c13-10-7-9(14)5-6-11(10)15-12(16)8-3-1-2-4-8/h5-8H,1-4H2,(H,15,16). The van der Waals surface area contributed by atoms with E-state index in [2.05, 4.69) is 5.32 Å². The van der Waals surface area contributed by atoms with Crippen molar-refractivity contribution in [1.82, 2.24) is 0 Å². The summed E-state index contributed by atoms with van der Waals surface area (Å²) >= 11 is 5.83. The number of rotatable bonds is 2. The van der Waals surface area contributed by atoms with Gasteiger partial charge in [-0.1, -0.05) is 24.4 Å². The van der Waals surface area contributed by atoms with Crippen LogP contribution in [0.1, 0.15) is 25.7 Å². The number of halogens is 2. The smallest absolute Gasteiger partial charge is 0.227 e. The largest absolute Gasteiger partial charge is 0.325 e. The lowest BCUT2D eigenvalue weighted by Gasteiger charge is -2.11. The third kappa shape index (κ3) is 2.53. The van der Waals surface area contributed by atoms with Crippen molar-refractivity contribution in [3.63, 3.8) is 0 Å². The van der Waals surface area contributed by atoms with Gasteiger partial charge in [0.25, 0.3) is 0 Å². The molecule has 0 unspecified atom stereocenters. The van der Waals surface area contributed by atoms with Crippen molar-refractivity contribution in [2.75, 3.05) is 5.32 Å². The Morgan fingerprint density at radius 1 is 1.38 bits per heavy atom. The Kier molecular flexibility index (Phi) is 3.44. The molecular formula is C12H13ClFNO. The van der Waals surface area contributed by atoms with Gasteiger partial charge in [-0.15, -0.1) is 0 Å². The van der Waals surface area contributed by atoms with Gasteiger partial charge in [0.15, 0.2) is 0 Å². The summed E-state index contributed by atoms with van der Waals surface area (Å²) in [7, 11) is 0. The van der Waals surface area contributed by atoms with Crippen LogP contribution in [0.2, 0.25) is 5.02 Å². The Balaban J connectivity index is 2.05. The van der Waals surface area contributed by atoms with Crippen LogP contribution in [0, 0.1) is 11.7 Å². The molecule has 1 N–H and O–H groups in total. The molecule has 0 atom stereocenters. The molecule has 0 saturated heterocycles. The predicted octanol–water partition coefficient (Wildman–Crippen LogP) is 3.61. The topological polar surface area (TPSA) is 29.1 Å². The molecule has 0 bridgehead atoms. The number of carbonyl (C=O) groups is 1. The average Bonchev–Trinajstić information content (AvgIpc) is 2.75. The van der Waals surface area contributed by atoms with Crippen molar-refractivity contribution in [2.24, 2.45) is 5.92 Å². The molecule has 1 aromatic carbocycles. The van der Waals surface area contributed by atoms with Gasteiger partial charge < -0.3 is 5.32 Å². The summed E-state index contributed by atoms with van der Waals surface area (Å²) in [5.41, 5.74) is 0.486. The van der Waals surface area contributed by atoms with Gasteiger partial charge in [-0.05, 0) is 31.0 Å². The lowest BCUT2D eigenvalue weighted by Crippen LogP contribution is -2.20. The number of anilines is 1. The minimum Gasteiger partial charge on any atom is -0.325 e. The Hall–Kier alpha value is -1.09. The van der Waals surface area contributed by atoms with Crippen LogP contribution in [0.4, 0.5) is 10.1 Å². The second-order valence-electron chi connectivity index (χ2n) is 4.09. The normalized spacial score (nSPS) is 16.4. The van der Waals surface area contributed by atoms with E-state index < -0.39 is 5.82 Å². The lowest BCUT2D eigenvalue weighted by atomic mass is 10.1. The van der Waals surface area contributed by atoms with Crippen LogP contribution in [-0.2, 0) is 4.79 Å². The van der Waals surface area contributed by atoms with Crippen LogP contribution >= 0.6 is 11.6 Å². The van der Waals surface area contributed by atoms with Crippen LogP contribution in [0.3, 0.4) is 0 Å². The highest BCUT2D eigenvalue weighted by atomic mass is 35.5. The fraction of sp³-hybridized carbons (Fsp3) is 0.417. The fourth-order valence-corrected chi connectivity index (χ4v) is 2.23. The second-order valence-corrected chi connectivity index (χ2v) is 4.50. The van der Waals surface area contributed by atoms with Gasteiger partial charge in [0, 0.05) is 5.92 Å². The number of carbonyl (C=O) groups excluding carboxylic acids is 1. The minimum absolute atomic E-state index is 0.00833. The van der Waals surface area contributed by atoms with Gasteiger partial charge in [0.05, 0.1) is 10.7 Å². The highest BCUT2D eigenvalue weighted by Crippen LogP contribution is 2.28. The van der Waals surface area contributed by atoms with E-state index in [4.69, 9.17) is 11.6 Å². The Morgan fingerprint density at radius 3 is 2.69 bits per heavy atom. The van der Waals surface area contributed by atoms with Crippen molar-refractivity contribution in [2.45, 2.75) is 25.7 Å². The number of amides is 1. The van der Waals surface area contributed by atoms with E-state index in [1.807, 2.05) is 0 Å². The molecule has 4 heteroatoms. The summed E-state index contributed by atoms with van der Waals surface area (Å²) < 4.78 is 12.8. The zero-order chi connectivity index (χ0) is 11.5. The first-order valence-electron chi connectivity index (χ1n) is 5.43. The van der Waals surface area contributed by atoms with E-state index in [0.29, 0.717) is 5.69 Å². The molecule has 1 aromatic rings. The summed E-state index contributed by atoms with van der Waals surface area (Å²) in [5.74, 6) is -0.323. The van der Waals surface area contributed by atoms with E-state index in [1.54, 1.807) is 0 Å². The molecule has 0 aliphatic heterocycles. The van der Waals surface area contributed by atoms with Crippen LogP contribution in [0.25, 0.3) is 0 Å². The number of hydrogen-bond acceptors (Lipinski definition) is 1. The maximum Gasteiger partial charge on any atom is 0.227 e. The average molecular weight is 242 g/mol. The summed E-state index contributed by atoms with van der Waals surface area (Å²) in [6.07, 6.45) is 4.08. The molecule has 16 heavy (non-hydrogen) atoms. The van der Waals surface area contributed by atoms with Gasteiger partial charge in [0.2, 0.25) is 5.91 Å². The van der Waals surface area contributed by atoms with Crippen molar-refractivity contribution in [3.8, 4) is 0 Å².